The lowest BCUT2D eigenvalue weighted by molar-refractivity contribution is -0.144. The minimum atomic E-state index is -0.425. The number of hydrogen-bond donors (Lipinski definition) is 1. The smallest absolute Gasteiger partial charge is 0.306 e. The second-order valence-electron chi connectivity index (χ2n) is 5.25. The molecule has 0 saturated carbocycles. The average Bonchev–Trinajstić information content (AvgIpc) is 2.59. The molecule has 0 aromatic heterocycles. The van der Waals surface area contributed by atoms with Gasteiger partial charge >= 0.3 is 5.97 Å². The third kappa shape index (κ3) is 6.58. The summed E-state index contributed by atoms with van der Waals surface area (Å²) in [5, 5.41) is 3.44. The van der Waals surface area contributed by atoms with Crippen molar-refractivity contribution in [2.45, 2.75) is 19.3 Å². The van der Waals surface area contributed by atoms with Crippen LogP contribution < -0.4 is 5.32 Å². The lowest BCUT2D eigenvalue weighted by Gasteiger charge is -2.09. The van der Waals surface area contributed by atoms with Crippen LogP contribution in [-0.4, -0.2) is 18.5 Å². The number of anilines is 1. The van der Waals surface area contributed by atoms with Crippen LogP contribution in [0.1, 0.15) is 18.4 Å². The van der Waals surface area contributed by atoms with E-state index in [0.717, 1.165) is 5.56 Å². The van der Waals surface area contributed by atoms with E-state index in [1.165, 1.54) is 12.1 Å². The Labute approximate surface area is 161 Å². The van der Waals surface area contributed by atoms with Crippen molar-refractivity contribution in [1.82, 2.24) is 0 Å². The molecule has 7 heteroatoms. The zero-order valence-electron chi connectivity index (χ0n) is 13.2. The molecular weight excluding hydrogens is 385 g/mol. The summed E-state index contributed by atoms with van der Waals surface area (Å²) >= 11 is 17.7. The number of esters is 1. The van der Waals surface area contributed by atoms with Crippen molar-refractivity contribution >= 4 is 52.4 Å². The Kier molecular flexibility index (Phi) is 7.56. The normalized spacial score (nSPS) is 10.4. The fraction of sp³-hybridized carbons (Fsp3) is 0.222. The maximum atomic E-state index is 11.9. The number of hydrogen-bond acceptors (Lipinski definition) is 3. The molecule has 0 radical (unpaired) electrons. The van der Waals surface area contributed by atoms with Gasteiger partial charge in [-0.3, -0.25) is 9.59 Å². The number of carbonyl (C=O) groups excluding carboxylic acids is 2. The van der Waals surface area contributed by atoms with Gasteiger partial charge in [-0.1, -0.05) is 65.1 Å². The van der Waals surface area contributed by atoms with Crippen LogP contribution in [0.3, 0.4) is 0 Å². The van der Waals surface area contributed by atoms with Gasteiger partial charge in [-0.25, -0.2) is 0 Å². The maximum Gasteiger partial charge on any atom is 0.306 e. The predicted octanol–water partition coefficient (Wildman–Crippen LogP) is 5.15. The summed E-state index contributed by atoms with van der Waals surface area (Å²) in [7, 11) is 0. The molecule has 1 N–H and O–H groups in total. The van der Waals surface area contributed by atoms with Crippen molar-refractivity contribution in [3.05, 3.63) is 63.1 Å². The van der Waals surface area contributed by atoms with Gasteiger partial charge < -0.3 is 10.1 Å². The number of amides is 1. The highest BCUT2D eigenvalue weighted by molar-refractivity contribution is 6.44. The molecule has 25 heavy (non-hydrogen) atoms. The lowest BCUT2D eigenvalue weighted by atomic mass is 10.2. The SMILES string of the molecule is O=C(CCC(=O)OCCc1ccccc1)Nc1cc(Cl)c(Cl)cc1Cl. The van der Waals surface area contributed by atoms with Crippen LogP contribution in [0, 0.1) is 0 Å². The highest BCUT2D eigenvalue weighted by Crippen LogP contribution is 2.32. The topological polar surface area (TPSA) is 55.4 Å². The number of ether oxygens (including phenoxy) is 1. The minimum absolute atomic E-state index is 0.0132. The van der Waals surface area contributed by atoms with Gasteiger partial charge in [0.15, 0.2) is 0 Å². The van der Waals surface area contributed by atoms with Crippen molar-refractivity contribution in [3.8, 4) is 0 Å². The second-order valence-corrected chi connectivity index (χ2v) is 6.47. The molecule has 0 heterocycles. The Morgan fingerprint density at radius 2 is 1.60 bits per heavy atom. The van der Waals surface area contributed by atoms with E-state index in [4.69, 9.17) is 39.5 Å². The predicted molar refractivity (Wildman–Crippen MR) is 100 cm³/mol. The summed E-state index contributed by atoms with van der Waals surface area (Å²) in [5.41, 5.74) is 1.43. The van der Waals surface area contributed by atoms with E-state index in [1.54, 1.807) is 0 Å². The van der Waals surface area contributed by atoms with Crippen molar-refractivity contribution in [3.63, 3.8) is 0 Å². The van der Waals surface area contributed by atoms with Gasteiger partial charge in [0.2, 0.25) is 5.91 Å². The van der Waals surface area contributed by atoms with Gasteiger partial charge in [0, 0.05) is 12.8 Å². The molecule has 0 spiro atoms. The van der Waals surface area contributed by atoms with Crippen molar-refractivity contribution in [2.24, 2.45) is 0 Å². The zero-order valence-corrected chi connectivity index (χ0v) is 15.5. The first-order valence-corrected chi connectivity index (χ1v) is 8.73. The average molecular weight is 401 g/mol. The molecule has 0 bridgehead atoms. The van der Waals surface area contributed by atoms with Crippen LogP contribution in [0.15, 0.2) is 42.5 Å². The van der Waals surface area contributed by atoms with E-state index in [9.17, 15) is 9.59 Å². The lowest BCUT2D eigenvalue weighted by Crippen LogP contribution is -2.15. The van der Waals surface area contributed by atoms with Gasteiger partial charge in [0.25, 0.3) is 0 Å². The molecule has 0 atom stereocenters. The van der Waals surface area contributed by atoms with Crippen LogP contribution in [-0.2, 0) is 20.7 Å². The van der Waals surface area contributed by atoms with Crippen LogP contribution in [0.2, 0.25) is 15.1 Å². The number of benzene rings is 2. The molecule has 0 aliphatic rings. The molecule has 0 fully saturated rings. The Bertz CT molecular complexity index is 751. The monoisotopic (exact) mass is 399 g/mol. The fourth-order valence-corrected chi connectivity index (χ4v) is 2.64. The van der Waals surface area contributed by atoms with E-state index >= 15 is 0 Å². The Hall–Kier alpha value is -1.75. The molecule has 0 unspecified atom stereocenters. The van der Waals surface area contributed by atoms with Crippen molar-refractivity contribution in [1.29, 1.82) is 0 Å². The third-order valence-electron chi connectivity index (χ3n) is 3.34. The summed E-state index contributed by atoms with van der Waals surface area (Å²) in [6, 6.07) is 12.6. The van der Waals surface area contributed by atoms with E-state index in [1.807, 2.05) is 30.3 Å². The summed E-state index contributed by atoms with van der Waals surface area (Å²) in [4.78, 5) is 23.6. The number of rotatable bonds is 7. The summed E-state index contributed by atoms with van der Waals surface area (Å²) in [6.45, 7) is 0.281. The molecule has 0 aliphatic carbocycles. The molecular formula is C18H16Cl3NO3. The molecule has 1 amide bonds. The van der Waals surface area contributed by atoms with Crippen LogP contribution in [0.4, 0.5) is 5.69 Å². The van der Waals surface area contributed by atoms with E-state index in [0.29, 0.717) is 17.1 Å². The fourth-order valence-electron chi connectivity index (χ4n) is 2.05. The highest BCUT2D eigenvalue weighted by Gasteiger charge is 2.12. The Morgan fingerprint density at radius 3 is 2.32 bits per heavy atom. The zero-order chi connectivity index (χ0) is 18.2. The summed E-state index contributed by atoms with van der Waals surface area (Å²) in [6.07, 6.45) is 0.609. The molecule has 132 valence electrons. The number of nitrogens with one attached hydrogen (secondary N) is 1. The van der Waals surface area contributed by atoms with Crippen LogP contribution in [0.25, 0.3) is 0 Å². The number of carbonyl (C=O) groups is 2. The third-order valence-corrected chi connectivity index (χ3v) is 4.37. The Balaban J connectivity index is 1.72. The molecule has 4 nitrogen and oxygen atoms in total. The molecule has 0 saturated heterocycles. The van der Waals surface area contributed by atoms with E-state index in [-0.39, 0.29) is 35.4 Å². The molecule has 2 aromatic rings. The first-order chi connectivity index (χ1) is 12.0. The molecule has 0 aliphatic heterocycles. The van der Waals surface area contributed by atoms with Crippen molar-refractivity contribution < 1.29 is 14.3 Å². The minimum Gasteiger partial charge on any atom is -0.465 e. The highest BCUT2D eigenvalue weighted by atomic mass is 35.5. The summed E-state index contributed by atoms with van der Waals surface area (Å²) < 4.78 is 5.12. The van der Waals surface area contributed by atoms with Gasteiger partial charge in [-0.05, 0) is 17.7 Å². The Morgan fingerprint density at radius 1 is 0.920 bits per heavy atom. The van der Waals surface area contributed by atoms with E-state index in [2.05, 4.69) is 5.32 Å². The largest absolute Gasteiger partial charge is 0.465 e. The standard InChI is InChI=1S/C18H16Cl3NO3/c19-13-10-15(21)16(11-14(13)20)22-17(23)6-7-18(24)25-9-8-12-4-2-1-3-5-12/h1-5,10-11H,6-9H2,(H,22,23). The first-order valence-electron chi connectivity index (χ1n) is 7.59. The second kappa shape index (κ2) is 9.66. The molecule has 2 aromatic carbocycles. The number of halogens is 3. The van der Waals surface area contributed by atoms with Gasteiger partial charge in [-0.15, -0.1) is 0 Å². The summed E-state index contributed by atoms with van der Waals surface area (Å²) in [5.74, 6) is -0.786. The molecule has 2 rings (SSSR count). The quantitative estimate of drug-likeness (QED) is 0.516. The van der Waals surface area contributed by atoms with Crippen LogP contribution >= 0.6 is 34.8 Å². The maximum absolute atomic E-state index is 11.9. The van der Waals surface area contributed by atoms with Gasteiger partial charge in [-0.2, -0.15) is 0 Å². The first kappa shape index (κ1) is 19.6. The van der Waals surface area contributed by atoms with Crippen molar-refractivity contribution in [2.75, 3.05) is 11.9 Å². The van der Waals surface area contributed by atoms with E-state index < -0.39 is 5.97 Å². The van der Waals surface area contributed by atoms with Crippen LogP contribution in [0.5, 0.6) is 0 Å². The van der Waals surface area contributed by atoms with Gasteiger partial charge in [0.05, 0.1) is 33.8 Å². The van der Waals surface area contributed by atoms with Gasteiger partial charge in [0.1, 0.15) is 0 Å².